The van der Waals surface area contributed by atoms with E-state index in [1.165, 1.54) is 0 Å². The van der Waals surface area contributed by atoms with Gasteiger partial charge in [0, 0.05) is 6.54 Å². The molecule has 2 N–H and O–H groups in total. The number of hydrogen-bond acceptors (Lipinski definition) is 3. The van der Waals surface area contributed by atoms with Gasteiger partial charge in [-0.1, -0.05) is 44.4 Å². The Morgan fingerprint density at radius 2 is 2.17 bits per heavy atom. The number of ether oxygens (including phenoxy) is 1. The normalized spacial score (nSPS) is 18.5. The van der Waals surface area contributed by atoms with Gasteiger partial charge in [0.25, 0.3) is 0 Å². The van der Waals surface area contributed by atoms with E-state index in [2.05, 4.69) is 18.7 Å². The van der Waals surface area contributed by atoms with E-state index in [0.29, 0.717) is 24.1 Å². The molecule has 4 nitrogen and oxygen atoms in total. The molecular formula is C18H27ClN2O2. The standard InChI is InChI=1S/C18H27ClN2O2/c1-3-13(4-2)12-23-17-8-7-14(10-15(17)19)11-21-9-5-6-16(21)18(20)22/h7-8,10,13,16H,3-6,9,11-12H2,1-2H3,(H2,20,22)/t16-/m0/s1. The molecule has 0 unspecified atom stereocenters. The first-order chi connectivity index (χ1) is 11.0. The van der Waals surface area contributed by atoms with Crippen LogP contribution >= 0.6 is 11.6 Å². The minimum absolute atomic E-state index is 0.153. The first-order valence-corrected chi connectivity index (χ1v) is 8.87. The lowest BCUT2D eigenvalue weighted by atomic mass is 10.1. The molecule has 0 aliphatic carbocycles. The summed E-state index contributed by atoms with van der Waals surface area (Å²) in [4.78, 5) is 13.6. The van der Waals surface area contributed by atoms with Crippen LogP contribution in [0.3, 0.4) is 0 Å². The highest BCUT2D eigenvalue weighted by Crippen LogP contribution is 2.28. The van der Waals surface area contributed by atoms with Crippen molar-refractivity contribution >= 4 is 17.5 Å². The molecule has 1 heterocycles. The lowest BCUT2D eigenvalue weighted by molar-refractivity contribution is -0.122. The van der Waals surface area contributed by atoms with Crippen LogP contribution in [0.1, 0.15) is 45.1 Å². The van der Waals surface area contributed by atoms with E-state index in [1.54, 1.807) is 0 Å². The predicted molar refractivity (Wildman–Crippen MR) is 93.6 cm³/mol. The summed E-state index contributed by atoms with van der Waals surface area (Å²) in [5, 5.41) is 0.628. The van der Waals surface area contributed by atoms with Gasteiger partial charge in [0.15, 0.2) is 0 Å². The van der Waals surface area contributed by atoms with Gasteiger partial charge in [-0.05, 0) is 43.0 Å². The zero-order valence-electron chi connectivity index (χ0n) is 14.1. The lowest BCUT2D eigenvalue weighted by Gasteiger charge is -2.22. The van der Waals surface area contributed by atoms with E-state index >= 15 is 0 Å². The maximum absolute atomic E-state index is 11.5. The van der Waals surface area contributed by atoms with Crippen molar-refractivity contribution in [2.45, 2.75) is 52.1 Å². The molecule has 5 heteroatoms. The molecule has 1 aliphatic heterocycles. The molecule has 1 atom stereocenters. The summed E-state index contributed by atoms with van der Waals surface area (Å²) in [6.45, 7) is 6.64. The summed E-state index contributed by atoms with van der Waals surface area (Å²) >= 11 is 6.35. The number of primary amides is 1. The van der Waals surface area contributed by atoms with E-state index in [9.17, 15) is 4.79 Å². The average molecular weight is 339 g/mol. The number of rotatable bonds is 8. The van der Waals surface area contributed by atoms with Crippen LogP contribution in [0.5, 0.6) is 5.75 Å². The highest BCUT2D eigenvalue weighted by molar-refractivity contribution is 6.32. The Hall–Kier alpha value is -1.26. The fraction of sp³-hybridized carbons (Fsp3) is 0.611. The van der Waals surface area contributed by atoms with Gasteiger partial charge in [-0.3, -0.25) is 9.69 Å². The SMILES string of the molecule is CCC(CC)COc1ccc(CN2CCC[C@H]2C(N)=O)cc1Cl. The summed E-state index contributed by atoms with van der Waals surface area (Å²) in [5.74, 6) is 1.06. The topological polar surface area (TPSA) is 55.6 Å². The van der Waals surface area contributed by atoms with Crippen molar-refractivity contribution in [1.82, 2.24) is 4.90 Å². The molecular weight excluding hydrogens is 312 g/mol. The minimum Gasteiger partial charge on any atom is -0.492 e. The molecule has 0 bridgehead atoms. The molecule has 0 spiro atoms. The highest BCUT2D eigenvalue weighted by atomic mass is 35.5. The Balaban J connectivity index is 1.97. The van der Waals surface area contributed by atoms with Crippen LogP contribution in [-0.4, -0.2) is 30.0 Å². The Morgan fingerprint density at radius 3 is 2.78 bits per heavy atom. The zero-order valence-corrected chi connectivity index (χ0v) is 14.8. The Morgan fingerprint density at radius 1 is 1.43 bits per heavy atom. The van der Waals surface area contributed by atoms with Crippen LogP contribution < -0.4 is 10.5 Å². The van der Waals surface area contributed by atoms with Gasteiger partial charge in [0.05, 0.1) is 17.7 Å². The van der Waals surface area contributed by atoms with Gasteiger partial charge in [-0.2, -0.15) is 0 Å². The van der Waals surface area contributed by atoms with Gasteiger partial charge in [-0.15, -0.1) is 0 Å². The first-order valence-electron chi connectivity index (χ1n) is 8.49. The maximum atomic E-state index is 11.5. The fourth-order valence-corrected chi connectivity index (χ4v) is 3.32. The third kappa shape index (κ3) is 4.85. The second-order valence-electron chi connectivity index (χ2n) is 6.29. The van der Waals surface area contributed by atoms with Crippen LogP contribution in [0.15, 0.2) is 18.2 Å². The van der Waals surface area contributed by atoms with Gasteiger partial charge in [0.2, 0.25) is 5.91 Å². The van der Waals surface area contributed by atoms with Crippen molar-refractivity contribution in [3.63, 3.8) is 0 Å². The fourth-order valence-electron chi connectivity index (χ4n) is 3.06. The van der Waals surface area contributed by atoms with Crippen molar-refractivity contribution in [1.29, 1.82) is 0 Å². The van der Waals surface area contributed by atoms with E-state index in [0.717, 1.165) is 43.5 Å². The monoisotopic (exact) mass is 338 g/mol. The molecule has 1 saturated heterocycles. The number of carbonyl (C=O) groups is 1. The van der Waals surface area contributed by atoms with Crippen LogP contribution in [0, 0.1) is 5.92 Å². The van der Waals surface area contributed by atoms with E-state index in [-0.39, 0.29) is 11.9 Å². The maximum Gasteiger partial charge on any atom is 0.234 e. The van der Waals surface area contributed by atoms with Crippen LogP contribution in [0.25, 0.3) is 0 Å². The Kier molecular flexibility index (Phi) is 6.72. The average Bonchev–Trinajstić information content (AvgIpc) is 2.98. The number of hydrogen-bond donors (Lipinski definition) is 1. The molecule has 0 radical (unpaired) electrons. The number of nitrogens with zero attached hydrogens (tertiary/aromatic N) is 1. The minimum atomic E-state index is -0.237. The summed E-state index contributed by atoms with van der Waals surface area (Å²) in [6, 6.07) is 5.72. The molecule has 128 valence electrons. The van der Waals surface area contributed by atoms with Crippen LogP contribution in [0.4, 0.5) is 0 Å². The Labute approximate surface area is 143 Å². The number of benzene rings is 1. The zero-order chi connectivity index (χ0) is 16.8. The molecule has 1 amide bonds. The Bertz CT molecular complexity index is 532. The van der Waals surface area contributed by atoms with E-state index in [1.807, 2.05) is 18.2 Å². The third-order valence-electron chi connectivity index (χ3n) is 4.70. The van der Waals surface area contributed by atoms with Gasteiger partial charge in [-0.25, -0.2) is 0 Å². The highest BCUT2D eigenvalue weighted by Gasteiger charge is 2.28. The number of carbonyl (C=O) groups excluding carboxylic acids is 1. The molecule has 1 fully saturated rings. The lowest BCUT2D eigenvalue weighted by Crippen LogP contribution is -2.39. The summed E-state index contributed by atoms with van der Waals surface area (Å²) in [7, 11) is 0. The number of halogens is 1. The number of likely N-dealkylation sites (tertiary alicyclic amines) is 1. The van der Waals surface area contributed by atoms with Crippen molar-refractivity contribution in [2.24, 2.45) is 11.7 Å². The first kappa shape index (κ1) is 18.1. The molecule has 0 saturated carbocycles. The van der Waals surface area contributed by atoms with Crippen LogP contribution in [0.2, 0.25) is 5.02 Å². The number of nitrogens with two attached hydrogens (primary N) is 1. The van der Waals surface area contributed by atoms with Crippen molar-refractivity contribution < 1.29 is 9.53 Å². The summed E-state index contributed by atoms with van der Waals surface area (Å²) < 4.78 is 5.85. The van der Waals surface area contributed by atoms with Gasteiger partial charge < -0.3 is 10.5 Å². The van der Waals surface area contributed by atoms with Gasteiger partial charge in [0.1, 0.15) is 5.75 Å². The molecule has 1 aromatic carbocycles. The second-order valence-corrected chi connectivity index (χ2v) is 6.70. The van der Waals surface area contributed by atoms with Crippen LogP contribution in [-0.2, 0) is 11.3 Å². The van der Waals surface area contributed by atoms with E-state index in [4.69, 9.17) is 22.1 Å². The smallest absolute Gasteiger partial charge is 0.234 e. The summed E-state index contributed by atoms with van der Waals surface area (Å²) in [6.07, 6.45) is 4.07. The predicted octanol–water partition coefficient (Wildman–Crippen LogP) is 3.60. The molecule has 2 rings (SSSR count). The third-order valence-corrected chi connectivity index (χ3v) is 5.00. The quantitative estimate of drug-likeness (QED) is 0.787. The van der Waals surface area contributed by atoms with E-state index < -0.39 is 0 Å². The second kappa shape index (κ2) is 8.55. The molecule has 1 aliphatic rings. The van der Waals surface area contributed by atoms with Gasteiger partial charge >= 0.3 is 0 Å². The van der Waals surface area contributed by atoms with Crippen molar-refractivity contribution in [2.75, 3.05) is 13.2 Å². The van der Waals surface area contributed by atoms with Crippen molar-refractivity contribution in [3.8, 4) is 5.75 Å². The summed E-state index contributed by atoms with van der Waals surface area (Å²) in [5.41, 5.74) is 6.54. The number of amides is 1. The largest absolute Gasteiger partial charge is 0.492 e. The molecule has 23 heavy (non-hydrogen) atoms. The molecule has 1 aromatic rings. The molecule has 0 aromatic heterocycles. The van der Waals surface area contributed by atoms with Crippen molar-refractivity contribution in [3.05, 3.63) is 28.8 Å².